The van der Waals surface area contributed by atoms with Crippen molar-refractivity contribution < 1.29 is 0 Å². The second kappa shape index (κ2) is 3.67. The Labute approximate surface area is 92.2 Å². The van der Waals surface area contributed by atoms with E-state index in [0.29, 0.717) is 0 Å². The standard InChI is InChI=1S/C14H13Si/c1-2-8-14(9-3-1)15-10-12-6-4-5-7-13(12)11-15/h1-9H,10-11H2. The average Bonchev–Trinajstić information content (AvgIpc) is 2.74. The van der Waals surface area contributed by atoms with E-state index < -0.39 is 0 Å². The fourth-order valence-corrected chi connectivity index (χ4v) is 5.11. The van der Waals surface area contributed by atoms with Gasteiger partial charge in [-0.2, -0.15) is 0 Å². The van der Waals surface area contributed by atoms with E-state index in [9.17, 15) is 0 Å². The predicted molar refractivity (Wildman–Crippen MR) is 65.7 cm³/mol. The summed E-state index contributed by atoms with van der Waals surface area (Å²) in [5.41, 5.74) is 3.16. The summed E-state index contributed by atoms with van der Waals surface area (Å²) in [7, 11) is -0.347. The highest BCUT2D eigenvalue weighted by Gasteiger charge is 2.23. The minimum atomic E-state index is -0.347. The highest BCUT2D eigenvalue weighted by Crippen LogP contribution is 2.20. The Balaban J connectivity index is 1.91. The Morgan fingerprint density at radius 2 is 1.20 bits per heavy atom. The second-order valence-electron chi connectivity index (χ2n) is 4.09. The second-order valence-corrected chi connectivity index (χ2v) is 6.58. The highest BCUT2D eigenvalue weighted by atomic mass is 28.3. The molecule has 0 bridgehead atoms. The molecule has 0 atom stereocenters. The maximum Gasteiger partial charge on any atom is 0.0947 e. The molecule has 1 radical (unpaired) electrons. The van der Waals surface area contributed by atoms with Gasteiger partial charge in [-0.05, 0) is 23.2 Å². The molecule has 2 aromatic rings. The quantitative estimate of drug-likeness (QED) is 0.632. The molecule has 0 nitrogen and oxygen atoms in total. The Hall–Kier alpha value is -1.34. The summed E-state index contributed by atoms with van der Waals surface area (Å²) in [5.74, 6) is 0. The maximum absolute atomic E-state index is 2.29. The number of benzene rings is 2. The van der Waals surface area contributed by atoms with E-state index in [2.05, 4.69) is 54.6 Å². The van der Waals surface area contributed by atoms with Gasteiger partial charge in [0.15, 0.2) is 0 Å². The summed E-state index contributed by atoms with van der Waals surface area (Å²) < 4.78 is 0. The molecular formula is C14H13Si. The van der Waals surface area contributed by atoms with Gasteiger partial charge in [0.05, 0.1) is 8.80 Å². The zero-order valence-corrected chi connectivity index (χ0v) is 9.61. The Morgan fingerprint density at radius 1 is 0.667 bits per heavy atom. The van der Waals surface area contributed by atoms with Crippen molar-refractivity contribution in [2.75, 3.05) is 0 Å². The molecule has 0 aromatic heterocycles. The monoisotopic (exact) mass is 209 g/mol. The number of rotatable bonds is 1. The predicted octanol–water partition coefficient (Wildman–Crippen LogP) is 2.27. The fourth-order valence-electron chi connectivity index (χ4n) is 2.30. The van der Waals surface area contributed by atoms with Crippen molar-refractivity contribution in [3.8, 4) is 0 Å². The Kier molecular flexibility index (Phi) is 2.18. The first kappa shape index (κ1) is 8.92. The SMILES string of the molecule is c1ccc([Si]2Cc3ccccc3C2)cc1. The average molecular weight is 209 g/mol. The molecule has 3 rings (SSSR count). The van der Waals surface area contributed by atoms with Gasteiger partial charge in [0.2, 0.25) is 0 Å². The van der Waals surface area contributed by atoms with Gasteiger partial charge in [-0.1, -0.05) is 59.8 Å². The van der Waals surface area contributed by atoms with E-state index in [0.717, 1.165) is 0 Å². The third-order valence-electron chi connectivity index (χ3n) is 3.11. The number of hydrogen-bond donors (Lipinski definition) is 0. The lowest BCUT2D eigenvalue weighted by Gasteiger charge is -2.05. The summed E-state index contributed by atoms with van der Waals surface area (Å²) in [6.07, 6.45) is 0. The summed E-state index contributed by atoms with van der Waals surface area (Å²) in [5, 5.41) is 1.58. The van der Waals surface area contributed by atoms with Crippen LogP contribution in [0.1, 0.15) is 11.1 Å². The van der Waals surface area contributed by atoms with Crippen molar-refractivity contribution in [1.29, 1.82) is 0 Å². The highest BCUT2D eigenvalue weighted by molar-refractivity contribution is 6.73. The molecule has 15 heavy (non-hydrogen) atoms. The normalized spacial score (nSPS) is 15.2. The van der Waals surface area contributed by atoms with Gasteiger partial charge in [0.25, 0.3) is 0 Å². The van der Waals surface area contributed by atoms with E-state index in [1.54, 1.807) is 16.3 Å². The molecule has 0 spiro atoms. The molecule has 73 valence electrons. The van der Waals surface area contributed by atoms with E-state index in [1.807, 2.05) is 0 Å². The molecule has 0 amide bonds. The summed E-state index contributed by atoms with van der Waals surface area (Å²) in [6.45, 7) is 0. The smallest absolute Gasteiger partial charge is 0.0632 e. The number of fused-ring (bicyclic) bond motifs is 1. The van der Waals surface area contributed by atoms with Crippen molar-refractivity contribution in [2.45, 2.75) is 12.1 Å². The minimum absolute atomic E-state index is 0.347. The lowest BCUT2D eigenvalue weighted by molar-refractivity contribution is 1.35. The van der Waals surface area contributed by atoms with Crippen LogP contribution in [0.4, 0.5) is 0 Å². The molecule has 1 heteroatoms. The third-order valence-corrected chi connectivity index (χ3v) is 5.87. The first-order valence-corrected chi connectivity index (χ1v) is 7.32. The Bertz CT molecular complexity index is 437. The summed E-state index contributed by atoms with van der Waals surface area (Å²) in [6, 6.07) is 22.5. The first-order valence-electron chi connectivity index (χ1n) is 5.40. The Morgan fingerprint density at radius 3 is 1.80 bits per heavy atom. The van der Waals surface area contributed by atoms with E-state index >= 15 is 0 Å². The third kappa shape index (κ3) is 1.63. The van der Waals surface area contributed by atoms with Crippen LogP contribution in [-0.4, -0.2) is 8.80 Å². The van der Waals surface area contributed by atoms with Gasteiger partial charge in [-0.3, -0.25) is 0 Å². The van der Waals surface area contributed by atoms with Crippen LogP contribution in [0.15, 0.2) is 54.6 Å². The van der Waals surface area contributed by atoms with Crippen molar-refractivity contribution in [3.05, 3.63) is 65.7 Å². The van der Waals surface area contributed by atoms with Crippen molar-refractivity contribution in [1.82, 2.24) is 0 Å². The van der Waals surface area contributed by atoms with Gasteiger partial charge in [0.1, 0.15) is 0 Å². The van der Waals surface area contributed by atoms with Gasteiger partial charge in [-0.25, -0.2) is 0 Å². The molecule has 0 N–H and O–H groups in total. The van der Waals surface area contributed by atoms with Crippen LogP contribution in [-0.2, 0) is 12.1 Å². The van der Waals surface area contributed by atoms with Crippen LogP contribution >= 0.6 is 0 Å². The molecule has 0 saturated heterocycles. The molecule has 1 aliphatic heterocycles. The minimum Gasteiger partial charge on any atom is -0.0632 e. The van der Waals surface area contributed by atoms with Gasteiger partial charge >= 0.3 is 0 Å². The molecule has 0 fully saturated rings. The largest absolute Gasteiger partial charge is 0.0947 e. The van der Waals surface area contributed by atoms with Crippen LogP contribution in [0.25, 0.3) is 0 Å². The molecule has 0 unspecified atom stereocenters. The maximum atomic E-state index is 2.29. The molecule has 2 aromatic carbocycles. The van der Waals surface area contributed by atoms with E-state index in [1.165, 1.54) is 12.1 Å². The molecule has 1 aliphatic rings. The van der Waals surface area contributed by atoms with Crippen molar-refractivity contribution in [2.24, 2.45) is 0 Å². The summed E-state index contributed by atoms with van der Waals surface area (Å²) in [4.78, 5) is 0. The molecule has 0 saturated carbocycles. The number of hydrogen-bond acceptors (Lipinski definition) is 0. The lowest BCUT2D eigenvalue weighted by atomic mass is 10.1. The van der Waals surface area contributed by atoms with Crippen LogP contribution in [0, 0.1) is 0 Å². The summed E-state index contributed by atoms with van der Waals surface area (Å²) >= 11 is 0. The van der Waals surface area contributed by atoms with E-state index in [4.69, 9.17) is 0 Å². The molecular weight excluding hydrogens is 196 g/mol. The van der Waals surface area contributed by atoms with Crippen LogP contribution in [0.3, 0.4) is 0 Å². The zero-order valence-electron chi connectivity index (χ0n) is 8.61. The zero-order chi connectivity index (χ0) is 10.1. The van der Waals surface area contributed by atoms with Crippen molar-refractivity contribution in [3.63, 3.8) is 0 Å². The van der Waals surface area contributed by atoms with Crippen LogP contribution in [0.5, 0.6) is 0 Å². The van der Waals surface area contributed by atoms with Crippen molar-refractivity contribution >= 4 is 14.0 Å². The topological polar surface area (TPSA) is 0 Å². The van der Waals surface area contributed by atoms with Gasteiger partial charge in [0, 0.05) is 0 Å². The first-order chi connectivity index (χ1) is 7.43. The molecule has 0 aliphatic carbocycles. The molecule has 1 heterocycles. The van der Waals surface area contributed by atoms with Crippen LogP contribution in [0.2, 0.25) is 0 Å². The van der Waals surface area contributed by atoms with Gasteiger partial charge in [-0.15, -0.1) is 0 Å². The van der Waals surface area contributed by atoms with Gasteiger partial charge < -0.3 is 0 Å². The van der Waals surface area contributed by atoms with Crippen LogP contribution < -0.4 is 5.19 Å². The fraction of sp³-hybridized carbons (Fsp3) is 0.143. The lowest BCUT2D eigenvalue weighted by Crippen LogP contribution is -2.31. The van der Waals surface area contributed by atoms with E-state index in [-0.39, 0.29) is 8.80 Å².